The molecule has 3 rings (SSSR count). The van der Waals surface area contributed by atoms with Crippen molar-refractivity contribution in [2.75, 3.05) is 10.7 Å². The highest BCUT2D eigenvalue weighted by Crippen LogP contribution is 2.50. The van der Waals surface area contributed by atoms with E-state index < -0.39 is 0 Å². The van der Waals surface area contributed by atoms with E-state index in [-0.39, 0.29) is 0 Å². The Morgan fingerprint density at radius 2 is 2.11 bits per heavy atom. The Labute approximate surface area is 121 Å². The zero-order valence-electron chi connectivity index (χ0n) is 11.1. The van der Waals surface area contributed by atoms with Crippen molar-refractivity contribution in [2.45, 2.75) is 38.6 Å². The normalized spacial score (nSPS) is 30.4. The topological polar surface area (TPSA) is 75.9 Å². The molecule has 2 aliphatic carbocycles. The first-order chi connectivity index (χ1) is 9.19. The molecule has 0 spiro atoms. The Morgan fingerprint density at radius 3 is 2.74 bits per heavy atom. The van der Waals surface area contributed by atoms with Gasteiger partial charge in [-0.2, -0.15) is 0 Å². The molecule has 2 aliphatic rings. The number of nitrogens with zero attached hydrogens (tertiary/aromatic N) is 2. The predicted octanol–water partition coefficient (Wildman–Crippen LogP) is 2.76. The SMILES string of the molecule is CC(Nc1ncnc(NN)c1Br)C1CC2CCC1C2. The number of nitrogens with one attached hydrogen (secondary N) is 2. The lowest BCUT2D eigenvalue weighted by atomic mass is 9.84. The van der Waals surface area contributed by atoms with Gasteiger partial charge in [0.05, 0.1) is 0 Å². The van der Waals surface area contributed by atoms with Crippen LogP contribution in [0.5, 0.6) is 0 Å². The Hall–Kier alpha value is -0.880. The molecule has 4 unspecified atom stereocenters. The molecule has 0 aromatic carbocycles. The molecule has 4 atom stereocenters. The number of hydrogen-bond donors (Lipinski definition) is 3. The van der Waals surface area contributed by atoms with E-state index in [9.17, 15) is 0 Å². The highest BCUT2D eigenvalue weighted by Gasteiger charge is 2.41. The quantitative estimate of drug-likeness (QED) is 0.586. The molecule has 0 radical (unpaired) electrons. The van der Waals surface area contributed by atoms with E-state index >= 15 is 0 Å². The number of nitrogens with two attached hydrogens (primary N) is 1. The number of hydrogen-bond acceptors (Lipinski definition) is 5. The maximum absolute atomic E-state index is 5.42. The lowest BCUT2D eigenvalue weighted by Gasteiger charge is -2.29. The first-order valence-electron chi connectivity index (χ1n) is 6.92. The van der Waals surface area contributed by atoms with Crippen LogP contribution in [0.4, 0.5) is 11.6 Å². The molecule has 0 saturated heterocycles. The van der Waals surface area contributed by atoms with Gasteiger partial charge in [0.25, 0.3) is 0 Å². The van der Waals surface area contributed by atoms with Gasteiger partial charge in [0, 0.05) is 6.04 Å². The van der Waals surface area contributed by atoms with Crippen LogP contribution in [0.25, 0.3) is 0 Å². The van der Waals surface area contributed by atoms with Gasteiger partial charge in [-0.1, -0.05) is 6.42 Å². The van der Waals surface area contributed by atoms with Gasteiger partial charge in [0.1, 0.15) is 16.6 Å². The number of hydrazine groups is 1. The minimum Gasteiger partial charge on any atom is -0.366 e. The number of fused-ring (bicyclic) bond motifs is 2. The molecule has 1 aromatic heterocycles. The molecule has 104 valence electrons. The average Bonchev–Trinajstić information content (AvgIpc) is 3.03. The molecule has 4 N–H and O–H groups in total. The lowest BCUT2D eigenvalue weighted by molar-refractivity contribution is 0.304. The van der Waals surface area contributed by atoms with E-state index in [0.29, 0.717) is 11.9 Å². The molecule has 0 amide bonds. The Morgan fingerprint density at radius 1 is 1.32 bits per heavy atom. The minimum atomic E-state index is 0.437. The molecule has 19 heavy (non-hydrogen) atoms. The Bertz CT molecular complexity index is 466. The van der Waals surface area contributed by atoms with E-state index in [1.807, 2.05) is 0 Å². The second-order valence-corrected chi connectivity index (χ2v) is 6.59. The van der Waals surface area contributed by atoms with E-state index in [0.717, 1.165) is 28.0 Å². The smallest absolute Gasteiger partial charge is 0.159 e. The number of nitrogen functional groups attached to an aromatic ring is 1. The van der Waals surface area contributed by atoms with Crippen LogP contribution in [-0.2, 0) is 0 Å². The Kier molecular flexibility index (Phi) is 3.62. The summed E-state index contributed by atoms with van der Waals surface area (Å²) in [6.45, 7) is 2.26. The molecule has 6 heteroatoms. The van der Waals surface area contributed by atoms with E-state index in [4.69, 9.17) is 5.84 Å². The summed E-state index contributed by atoms with van der Waals surface area (Å²) in [5.74, 6) is 9.49. The van der Waals surface area contributed by atoms with Crippen LogP contribution in [0, 0.1) is 17.8 Å². The predicted molar refractivity (Wildman–Crippen MR) is 79.6 cm³/mol. The van der Waals surface area contributed by atoms with Crippen LogP contribution in [0.3, 0.4) is 0 Å². The van der Waals surface area contributed by atoms with Crippen LogP contribution in [0.15, 0.2) is 10.8 Å². The van der Waals surface area contributed by atoms with E-state index in [1.54, 1.807) is 0 Å². The zero-order chi connectivity index (χ0) is 13.4. The van der Waals surface area contributed by atoms with Crippen molar-refractivity contribution in [2.24, 2.45) is 23.6 Å². The van der Waals surface area contributed by atoms with Crippen molar-refractivity contribution in [3.8, 4) is 0 Å². The third kappa shape index (κ3) is 2.43. The van der Waals surface area contributed by atoms with Crippen molar-refractivity contribution >= 4 is 27.6 Å². The number of anilines is 2. The third-order valence-electron chi connectivity index (χ3n) is 4.73. The van der Waals surface area contributed by atoms with Crippen LogP contribution in [0.1, 0.15) is 32.6 Å². The highest BCUT2D eigenvalue weighted by molar-refractivity contribution is 9.10. The van der Waals surface area contributed by atoms with Gasteiger partial charge in [-0.25, -0.2) is 15.8 Å². The summed E-state index contributed by atoms with van der Waals surface area (Å²) in [6.07, 6.45) is 7.16. The first-order valence-corrected chi connectivity index (χ1v) is 7.72. The van der Waals surface area contributed by atoms with Crippen molar-refractivity contribution in [1.82, 2.24) is 9.97 Å². The van der Waals surface area contributed by atoms with Gasteiger partial charge in [-0.05, 0) is 59.9 Å². The first kappa shape index (κ1) is 13.1. The van der Waals surface area contributed by atoms with E-state index in [1.165, 1.54) is 32.0 Å². The maximum atomic E-state index is 5.42. The fourth-order valence-corrected chi connectivity index (χ4v) is 4.23. The summed E-state index contributed by atoms with van der Waals surface area (Å²) in [5.41, 5.74) is 2.57. The molecule has 1 aromatic rings. The maximum Gasteiger partial charge on any atom is 0.159 e. The average molecular weight is 326 g/mol. The van der Waals surface area contributed by atoms with Crippen molar-refractivity contribution < 1.29 is 0 Å². The lowest BCUT2D eigenvalue weighted by Crippen LogP contribution is -2.30. The van der Waals surface area contributed by atoms with E-state index in [2.05, 4.69) is 43.6 Å². The summed E-state index contributed by atoms with van der Waals surface area (Å²) in [7, 11) is 0. The van der Waals surface area contributed by atoms with Gasteiger partial charge >= 0.3 is 0 Å². The second kappa shape index (κ2) is 5.25. The van der Waals surface area contributed by atoms with Gasteiger partial charge in [-0.15, -0.1) is 0 Å². The summed E-state index contributed by atoms with van der Waals surface area (Å²) >= 11 is 3.49. The third-order valence-corrected chi connectivity index (χ3v) is 5.48. The number of aromatic nitrogens is 2. The standard InChI is InChI=1S/C13H20BrN5/c1-7(10-5-8-2-3-9(10)4-8)18-12-11(14)13(19-15)17-6-16-12/h6-10H,2-5,15H2,1H3,(H2,16,17,18,19). The summed E-state index contributed by atoms with van der Waals surface area (Å²) < 4.78 is 0.799. The zero-order valence-corrected chi connectivity index (χ0v) is 12.7. The minimum absolute atomic E-state index is 0.437. The van der Waals surface area contributed by atoms with Crippen molar-refractivity contribution in [3.05, 3.63) is 10.8 Å². The number of rotatable bonds is 4. The fourth-order valence-electron chi connectivity index (χ4n) is 3.80. The molecular formula is C13H20BrN5. The summed E-state index contributed by atoms with van der Waals surface area (Å²) in [4.78, 5) is 8.36. The molecule has 2 saturated carbocycles. The largest absolute Gasteiger partial charge is 0.366 e. The second-order valence-electron chi connectivity index (χ2n) is 5.80. The van der Waals surface area contributed by atoms with Gasteiger partial charge in [-0.3, -0.25) is 0 Å². The van der Waals surface area contributed by atoms with Crippen LogP contribution >= 0.6 is 15.9 Å². The molecular weight excluding hydrogens is 306 g/mol. The van der Waals surface area contributed by atoms with Crippen LogP contribution in [-0.4, -0.2) is 16.0 Å². The Balaban J connectivity index is 1.71. The summed E-state index contributed by atoms with van der Waals surface area (Å²) in [6, 6.07) is 0.437. The van der Waals surface area contributed by atoms with Crippen molar-refractivity contribution in [3.63, 3.8) is 0 Å². The molecule has 0 aliphatic heterocycles. The molecule has 2 bridgehead atoms. The molecule has 5 nitrogen and oxygen atoms in total. The van der Waals surface area contributed by atoms with Crippen LogP contribution < -0.4 is 16.6 Å². The van der Waals surface area contributed by atoms with Gasteiger partial charge < -0.3 is 10.7 Å². The fraction of sp³-hybridized carbons (Fsp3) is 0.692. The molecule has 1 heterocycles. The monoisotopic (exact) mass is 325 g/mol. The molecule has 2 fully saturated rings. The number of halogens is 1. The highest BCUT2D eigenvalue weighted by atomic mass is 79.9. The van der Waals surface area contributed by atoms with Gasteiger partial charge in [0.15, 0.2) is 5.82 Å². The van der Waals surface area contributed by atoms with Crippen LogP contribution in [0.2, 0.25) is 0 Å². The van der Waals surface area contributed by atoms with Crippen molar-refractivity contribution in [1.29, 1.82) is 0 Å². The summed E-state index contributed by atoms with van der Waals surface area (Å²) in [5, 5.41) is 3.52. The van der Waals surface area contributed by atoms with Gasteiger partial charge in [0.2, 0.25) is 0 Å².